The van der Waals surface area contributed by atoms with Gasteiger partial charge in [0.05, 0.1) is 0 Å². The van der Waals surface area contributed by atoms with E-state index in [2.05, 4.69) is 5.43 Å². The van der Waals surface area contributed by atoms with E-state index in [0.29, 0.717) is 0 Å². The van der Waals surface area contributed by atoms with Gasteiger partial charge in [0.1, 0.15) is 6.29 Å². The van der Waals surface area contributed by atoms with Crippen molar-refractivity contribution >= 4 is 6.29 Å². The molecule has 76 valence electrons. The highest BCUT2D eigenvalue weighted by molar-refractivity contribution is 5.77. The summed E-state index contributed by atoms with van der Waals surface area (Å²) in [5.41, 5.74) is 5.99. The minimum absolute atomic E-state index is 0.728. The van der Waals surface area contributed by atoms with E-state index in [4.69, 9.17) is 0 Å². The van der Waals surface area contributed by atoms with Crippen LogP contribution in [0.3, 0.4) is 0 Å². The van der Waals surface area contributed by atoms with Crippen LogP contribution < -0.4 is 5.43 Å². The zero-order chi connectivity index (χ0) is 10.6. The molecule has 0 saturated carbocycles. The molecule has 0 aliphatic heterocycles. The number of nitrogens with one attached hydrogen (secondary N) is 1. The molecule has 0 saturated heterocycles. The molecule has 14 heavy (non-hydrogen) atoms. The second-order valence-electron chi connectivity index (χ2n) is 3.40. The molecule has 0 heterocycles. The Balaban J connectivity index is 2.92. The van der Waals surface area contributed by atoms with Crippen molar-refractivity contribution in [3.63, 3.8) is 0 Å². The van der Waals surface area contributed by atoms with Gasteiger partial charge in [-0.05, 0) is 19.5 Å². The molecule has 0 aliphatic rings. The first-order valence-electron chi connectivity index (χ1n) is 4.60. The zero-order valence-electron chi connectivity index (χ0n) is 8.87. The Bertz CT molecular complexity index is 323. The van der Waals surface area contributed by atoms with Crippen molar-refractivity contribution in [2.24, 2.45) is 0 Å². The molecule has 1 N–H and O–H groups in total. The van der Waals surface area contributed by atoms with Crippen LogP contribution in [0.1, 0.15) is 21.5 Å². The second kappa shape index (κ2) is 4.88. The lowest BCUT2D eigenvalue weighted by molar-refractivity contribution is 0.112. The number of carbonyl (C=O) groups excluding carboxylic acids is 1. The van der Waals surface area contributed by atoms with Crippen LogP contribution in [0.5, 0.6) is 0 Å². The van der Waals surface area contributed by atoms with E-state index in [-0.39, 0.29) is 0 Å². The average molecular weight is 192 g/mol. The molecule has 3 heteroatoms. The van der Waals surface area contributed by atoms with Gasteiger partial charge in [0.15, 0.2) is 0 Å². The SMILES string of the molecule is CNN(C)Cc1cc(C)ccc1C=O. The van der Waals surface area contributed by atoms with Crippen LogP contribution in [0.4, 0.5) is 0 Å². The molecule has 0 amide bonds. The van der Waals surface area contributed by atoms with E-state index in [1.165, 1.54) is 5.56 Å². The summed E-state index contributed by atoms with van der Waals surface area (Å²) >= 11 is 0. The molecule has 0 radical (unpaired) electrons. The fourth-order valence-corrected chi connectivity index (χ4v) is 1.32. The molecular formula is C11H16N2O. The maximum Gasteiger partial charge on any atom is 0.150 e. The predicted octanol–water partition coefficient (Wildman–Crippen LogP) is 1.37. The minimum atomic E-state index is 0.728. The van der Waals surface area contributed by atoms with Gasteiger partial charge in [0, 0.05) is 19.2 Å². The number of benzene rings is 1. The number of carbonyl (C=O) groups is 1. The average Bonchev–Trinajstić information content (AvgIpc) is 2.18. The van der Waals surface area contributed by atoms with Crippen molar-refractivity contribution in [3.05, 3.63) is 34.9 Å². The third-order valence-electron chi connectivity index (χ3n) is 2.21. The van der Waals surface area contributed by atoms with Gasteiger partial charge in [0.2, 0.25) is 0 Å². The molecule has 1 rings (SSSR count). The van der Waals surface area contributed by atoms with Crippen LogP contribution in [-0.4, -0.2) is 25.4 Å². The topological polar surface area (TPSA) is 32.3 Å². The highest BCUT2D eigenvalue weighted by Gasteiger charge is 2.03. The number of hydrogen-bond donors (Lipinski definition) is 1. The number of aldehydes is 1. The summed E-state index contributed by atoms with van der Waals surface area (Å²) in [6, 6.07) is 5.85. The van der Waals surface area contributed by atoms with Gasteiger partial charge in [-0.2, -0.15) is 0 Å². The molecule has 0 aromatic heterocycles. The standard InChI is InChI=1S/C11H16N2O/c1-9-4-5-10(8-14)11(6-9)7-13(3)12-2/h4-6,8,12H,7H2,1-3H3. The molecule has 0 fully saturated rings. The van der Waals surface area contributed by atoms with Gasteiger partial charge < -0.3 is 0 Å². The van der Waals surface area contributed by atoms with Crippen molar-refractivity contribution in [2.45, 2.75) is 13.5 Å². The number of rotatable bonds is 4. The first kappa shape index (κ1) is 10.9. The van der Waals surface area contributed by atoms with Gasteiger partial charge in [0.25, 0.3) is 0 Å². The van der Waals surface area contributed by atoms with Crippen molar-refractivity contribution < 1.29 is 4.79 Å². The van der Waals surface area contributed by atoms with E-state index >= 15 is 0 Å². The third-order valence-corrected chi connectivity index (χ3v) is 2.21. The lowest BCUT2D eigenvalue weighted by atomic mass is 10.1. The van der Waals surface area contributed by atoms with Gasteiger partial charge >= 0.3 is 0 Å². The molecule has 0 aliphatic carbocycles. The Hall–Kier alpha value is -1.19. The number of hydrazine groups is 1. The van der Waals surface area contributed by atoms with Crippen molar-refractivity contribution in [2.75, 3.05) is 14.1 Å². The van der Waals surface area contributed by atoms with Crippen molar-refractivity contribution in [1.29, 1.82) is 0 Å². The first-order chi connectivity index (χ1) is 6.67. The largest absolute Gasteiger partial charge is 0.298 e. The smallest absolute Gasteiger partial charge is 0.150 e. The Labute approximate surface area is 84.7 Å². The fourth-order valence-electron chi connectivity index (χ4n) is 1.32. The number of aryl methyl sites for hydroxylation is 1. The molecular weight excluding hydrogens is 176 g/mol. The van der Waals surface area contributed by atoms with Crippen LogP contribution in [0, 0.1) is 6.92 Å². The van der Waals surface area contributed by atoms with Crippen LogP contribution in [-0.2, 0) is 6.54 Å². The third kappa shape index (κ3) is 2.65. The monoisotopic (exact) mass is 192 g/mol. The van der Waals surface area contributed by atoms with Gasteiger partial charge in [-0.1, -0.05) is 23.8 Å². The quantitative estimate of drug-likeness (QED) is 0.577. The van der Waals surface area contributed by atoms with E-state index in [1.54, 1.807) is 0 Å². The Morgan fingerprint density at radius 1 is 1.50 bits per heavy atom. The summed E-state index contributed by atoms with van der Waals surface area (Å²) in [7, 11) is 3.80. The fraction of sp³-hybridized carbons (Fsp3) is 0.364. The van der Waals surface area contributed by atoms with Crippen molar-refractivity contribution in [1.82, 2.24) is 10.4 Å². The highest BCUT2D eigenvalue weighted by Crippen LogP contribution is 2.11. The van der Waals surface area contributed by atoms with Gasteiger partial charge in [-0.25, -0.2) is 5.01 Å². The van der Waals surface area contributed by atoms with E-state index in [9.17, 15) is 4.79 Å². The lowest BCUT2D eigenvalue weighted by Gasteiger charge is -2.16. The van der Waals surface area contributed by atoms with E-state index in [1.807, 2.05) is 44.2 Å². The summed E-state index contributed by atoms with van der Waals surface area (Å²) in [6.07, 6.45) is 0.901. The summed E-state index contributed by atoms with van der Waals surface area (Å²) in [5, 5.41) is 1.93. The Morgan fingerprint density at radius 2 is 2.21 bits per heavy atom. The number of hydrogen-bond acceptors (Lipinski definition) is 3. The molecule has 0 bridgehead atoms. The summed E-state index contributed by atoms with van der Waals surface area (Å²) in [4.78, 5) is 10.8. The van der Waals surface area contributed by atoms with Crippen LogP contribution >= 0.6 is 0 Å². The first-order valence-corrected chi connectivity index (χ1v) is 4.60. The lowest BCUT2D eigenvalue weighted by Crippen LogP contribution is -2.30. The zero-order valence-corrected chi connectivity index (χ0v) is 8.87. The minimum Gasteiger partial charge on any atom is -0.298 e. The molecule has 3 nitrogen and oxygen atoms in total. The van der Waals surface area contributed by atoms with Crippen LogP contribution in [0.15, 0.2) is 18.2 Å². The second-order valence-corrected chi connectivity index (χ2v) is 3.40. The Morgan fingerprint density at radius 3 is 2.79 bits per heavy atom. The molecule has 0 spiro atoms. The summed E-state index contributed by atoms with van der Waals surface area (Å²) in [6.45, 7) is 2.75. The van der Waals surface area contributed by atoms with Gasteiger partial charge in [-0.15, -0.1) is 0 Å². The maximum absolute atomic E-state index is 10.8. The molecule has 0 unspecified atom stereocenters. The highest BCUT2D eigenvalue weighted by atomic mass is 16.1. The Kier molecular flexibility index (Phi) is 3.80. The summed E-state index contributed by atoms with van der Waals surface area (Å²) in [5.74, 6) is 0. The van der Waals surface area contributed by atoms with Crippen molar-refractivity contribution in [3.8, 4) is 0 Å². The normalized spacial score (nSPS) is 10.6. The number of nitrogens with zero attached hydrogens (tertiary/aromatic N) is 1. The van der Waals surface area contributed by atoms with Crippen LogP contribution in [0.2, 0.25) is 0 Å². The molecule has 1 aromatic rings. The predicted molar refractivity (Wildman–Crippen MR) is 57.1 cm³/mol. The maximum atomic E-state index is 10.8. The summed E-state index contributed by atoms with van der Waals surface area (Å²) < 4.78 is 0. The van der Waals surface area contributed by atoms with Crippen LogP contribution in [0.25, 0.3) is 0 Å². The van der Waals surface area contributed by atoms with E-state index < -0.39 is 0 Å². The molecule has 1 aromatic carbocycles. The van der Waals surface area contributed by atoms with E-state index in [0.717, 1.165) is 24.0 Å². The molecule has 0 atom stereocenters. The van der Waals surface area contributed by atoms with Gasteiger partial charge in [-0.3, -0.25) is 10.2 Å².